The average Bonchev–Trinajstić information content (AvgIpc) is 3.29. The first-order valence-corrected chi connectivity index (χ1v) is 12.4. The van der Waals surface area contributed by atoms with E-state index in [2.05, 4.69) is 16.6 Å². The Morgan fingerprint density at radius 2 is 1.92 bits per heavy atom. The molecule has 1 aliphatic rings. The average molecular weight is 523 g/mol. The molecule has 38 heavy (non-hydrogen) atoms. The van der Waals surface area contributed by atoms with Gasteiger partial charge in [-0.1, -0.05) is 36.3 Å². The van der Waals surface area contributed by atoms with E-state index in [-0.39, 0.29) is 36.0 Å². The molecule has 0 amide bonds. The Bertz CT molecular complexity index is 1690. The van der Waals surface area contributed by atoms with E-state index in [0.29, 0.717) is 28.8 Å². The molecule has 1 aliphatic heterocycles. The van der Waals surface area contributed by atoms with Gasteiger partial charge in [0.2, 0.25) is 5.95 Å². The van der Waals surface area contributed by atoms with Crippen molar-refractivity contribution in [2.45, 2.75) is 45.5 Å². The number of halogens is 2. The van der Waals surface area contributed by atoms with Gasteiger partial charge in [-0.05, 0) is 36.8 Å². The second-order valence-electron chi connectivity index (χ2n) is 9.33. The largest absolute Gasteiger partial charge is 0.434 e. The molecule has 0 bridgehead atoms. The van der Waals surface area contributed by atoms with Crippen molar-refractivity contribution in [2.75, 3.05) is 18.0 Å². The molecule has 198 valence electrons. The summed E-state index contributed by atoms with van der Waals surface area (Å²) in [5.74, 6) is 6.46. The van der Waals surface area contributed by atoms with Crippen LogP contribution in [0, 0.1) is 11.8 Å². The van der Waals surface area contributed by atoms with Crippen molar-refractivity contribution in [1.82, 2.24) is 18.7 Å². The summed E-state index contributed by atoms with van der Waals surface area (Å²) in [6, 6.07) is 9.89. The Morgan fingerprint density at radius 3 is 2.63 bits per heavy atom. The van der Waals surface area contributed by atoms with Crippen LogP contribution in [0.25, 0.3) is 21.9 Å². The number of ether oxygens (including phenoxy) is 1. The number of benzene rings is 2. The fourth-order valence-corrected chi connectivity index (χ4v) is 5.08. The molecular formula is C27H28F2N6O3. The highest BCUT2D eigenvalue weighted by molar-refractivity contribution is 5.91. The fraction of sp³-hybridized carbons (Fsp3) is 0.370. The molecule has 0 unspecified atom stereocenters. The van der Waals surface area contributed by atoms with Crippen molar-refractivity contribution in [2.24, 2.45) is 12.8 Å². The number of nitrogens with two attached hydrogens (primary N) is 1. The predicted octanol–water partition coefficient (Wildman–Crippen LogP) is 2.65. The number of anilines is 1. The van der Waals surface area contributed by atoms with Crippen molar-refractivity contribution in [3.05, 3.63) is 62.8 Å². The molecule has 11 heteroatoms. The van der Waals surface area contributed by atoms with Crippen molar-refractivity contribution in [3.63, 3.8) is 0 Å². The summed E-state index contributed by atoms with van der Waals surface area (Å²) in [6.07, 6.45) is 1.80. The smallest absolute Gasteiger partial charge is 0.387 e. The zero-order chi connectivity index (χ0) is 27.0. The van der Waals surface area contributed by atoms with Crippen LogP contribution in [0.1, 0.15) is 25.3 Å². The lowest BCUT2D eigenvalue weighted by molar-refractivity contribution is -0.0488. The van der Waals surface area contributed by atoms with Gasteiger partial charge in [0.05, 0.1) is 13.1 Å². The maximum Gasteiger partial charge on any atom is 0.387 e. The molecule has 0 saturated carbocycles. The van der Waals surface area contributed by atoms with Gasteiger partial charge in [0.25, 0.3) is 5.56 Å². The zero-order valence-corrected chi connectivity index (χ0v) is 21.2. The number of aryl methyl sites for hydroxylation is 1. The first-order chi connectivity index (χ1) is 18.3. The van der Waals surface area contributed by atoms with Gasteiger partial charge >= 0.3 is 12.3 Å². The normalized spacial score (nSPS) is 15.7. The van der Waals surface area contributed by atoms with E-state index < -0.39 is 17.9 Å². The molecule has 1 saturated heterocycles. The van der Waals surface area contributed by atoms with Gasteiger partial charge < -0.3 is 15.4 Å². The van der Waals surface area contributed by atoms with Gasteiger partial charge in [0.15, 0.2) is 11.2 Å². The number of piperidine rings is 1. The number of hydrogen-bond acceptors (Lipinski definition) is 6. The quantitative estimate of drug-likeness (QED) is 0.391. The number of hydrogen-bond donors (Lipinski definition) is 1. The van der Waals surface area contributed by atoms with Crippen LogP contribution in [-0.4, -0.2) is 44.4 Å². The molecule has 3 heterocycles. The van der Waals surface area contributed by atoms with E-state index in [1.165, 1.54) is 10.6 Å². The summed E-state index contributed by atoms with van der Waals surface area (Å²) < 4.78 is 34.8. The minimum absolute atomic E-state index is 0.0138. The Balaban J connectivity index is 1.68. The monoisotopic (exact) mass is 522 g/mol. The highest BCUT2D eigenvalue weighted by Gasteiger charge is 2.26. The fourth-order valence-electron chi connectivity index (χ4n) is 5.08. The van der Waals surface area contributed by atoms with Gasteiger partial charge in [-0.2, -0.15) is 13.8 Å². The van der Waals surface area contributed by atoms with Crippen LogP contribution in [0.3, 0.4) is 0 Å². The lowest BCUT2D eigenvalue weighted by Crippen LogP contribution is -2.44. The first kappa shape index (κ1) is 25.5. The number of fused-ring (bicyclic) bond motifs is 2. The third kappa shape index (κ3) is 4.52. The lowest BCUT2D eigenvalue weighted by Gasteiger charge is -2.31. The summed E-state index contributed by atoms with van der Waals surface area (Å²) in [5, 5.41) is 1.07. The molecule has 9 nitrogen and oxygen atoms in total. The van der Waals surface area contributed by atoms with E-state index in [4.69, 9.17) is 10.7 Å². The van der Waals surface area contributed by atoms with Crippen molar-refractivity contribution in [3.8, 4) is 17.6 Å². The second-order valence-corrected chi connectivity index (χ2v) is 9.33. The third-order valence-electron chi connectivity index (χ3n) is 6.89. The maximum absolute atomic E-state index is 13.9. The summed E-state index contributed by atoms with van der Waals surface area (Å²) in [6.45, 7) is 0.227. The number of imidazole rings is 1. The zero-order valence-electron chi connectivity index (χ0n) is 21.2. The van der Waals surface area contributed by atoms with Crippen molar-refractivity contribution >= 4 is 27.9 Å². The summed E-state index contributed by atoms with van der Waals surface area (Å²) in [4.78, 5) is 34.0. The molecule has 4 aromatic rings. The van der Waals surface area contributed by atoms with E-state index in [0.717, 1.165) is 24.0 Å². The Morgan fingerprint density at radius 1 is 1.16 bits per heavy atom. The van der Waals surface area contributed by atoms with Crippen LogP contribution in [0.5, 0.6) is 5.75 Å². The molecule has 5 rings (SSSR count). The van der Waals surface area contributed by atoms with Gasteiger partial charge in [-0.15, -0.1) is 5.92 Å². The predicted molar refractivity (Wildman–Crippen MR) is 142 cm³/mol. The summed E-state index contributed by atoms with van der Waals surface area (Å²) in [5.41, 5.74) is 6.32. The number of nitrogens with zero attached hydrogens (tertiary/aromatic N) is 5. The van der Waals surface area contributed by atoms with E-state index >= 15 is 0 Å². The molecule has 1 atom stereocenters. The topological polar surface area (TPSA) is 100 Å². The Kier molecular flexibility index (Phi) is 6.91. The van der Waals surface area contributed by atoms with Crippen LogP contribution in [0.2, 0.25) is 0 Å². The SMILES string of the molecule is CC#CCn1c(N2CCC[C@@H](N)C2)nc2c1c(=O)n(Cc1ccc(OC(F)F)c3ccccc13)c(=O)n2C. The molecule has 2 aromatic carbocycles. The molecule has 0 spiro atoms. The maximum atomic E-state index is 13.9. The molecule has 2 N–H and O–H groups in total. The van der Waals surface area contributed by atoms with Gasteiger partial charge in [0.1, 0.15) is 5.75 Å². The highest BCUT2D eigenvalue weighted by atomic mass is 19.3. The van der Waals surface area contributed by atoms with Crippen molar-refractivity contribution in [1.29, 1.82) is 0 Å². The van der Waals surface area contributed by atoms with Crippen LogP contribution in [0.15, 0.2) is 46.0 Å². The van der Waals surface area contributed by atoms with Gasteiger partial charge in [0, 0.05) is 31.6 Å². The Labute approximate surface area is 217 Å². The van der Waals surface area contributed by atoms with Crippen LogP contribution >= 0.6 is 0 Å². The minimum atomic E-state index is -2.98. The van der Waals surface area contributed by atoms with Gasteiger partial charge in [-0.25, -0.2) is 4.79 Å². The van der Waals surface area contributed by atoms with E-state index in [1.807, 2.05) is 4.90 Å². The van der Waals surface area contributed by atoms with E-state index in [1.54, 1.807) is 48.9 Å². The molecule has 0 radical (unpaired) electrons. The van der Waals surface area contributed by atoms with Gasteiger partial charge in [-0.3, -0.25) is 18.5 Å². The first-order valence-electron chi connectivity index (χ1n) is 12.4. The van der Waals surface area contributed by atoms with Crippen molar-refractivity contribution < 1.29 is 13.5 Å². The Hall–Kier alpha value is -4.17. The standard InChI is InChI=1S/C27H28F2N6O3/c1-3-4-14-34-22-23(31-26(34)33-13-7-8-18(30)16-33)32(2)27(37)35(24(22)36)15-17-11-12-21(38-25(28)29)20-10-6-5-9-19(17)20/h5-6,9-12,18,25H,7-8,13-16,30H2,1-2H3/t18-/m1/s1. The lowest BCUT2D eigenvalue weighted by atomic mass is 10.0. The van der Waals surface area contributed by atoms with Crippen LogP contribution in [-0.2, 0) is 20.1 Å². The summed E-state index contributed by atoms with van der Waals surface area (Å²) >= 11 is 0. The third-order valence-corrected chi connectivity index (χ3v) is 6.89. The minimum Gasteiger partial charge on any atom is -0.434 e. The number of aromatic nitrogens is 4. The molecular weight excluding hydrogens is 494 g/mol. The van der Waals surface area contributed by atoms with Crippen LogP contribution in [0.4, 0.5) is 14.7 Å². The number of alkyl halides is 2. The molecule has 2 aromatic heterocycles. The highest BCUT2D eigenvalue weighted by Crippen LogP contribution is 2.30. The summed E-state index contributed by atoms with van der Waals surface area (Å²) in [7, 11) is 1.58. The van der Waals surface area contributed by atoms with E-state index in [9.17, 15) is 18.4 Å². The van der Waals surface area contributed by atoms with Crippen LogP contribution < -0.4 is 26.6 Å². The molecule has 0 aliphatic carbocycles. The second kappa shape index (κ2) is 10.3. The number of rotatable bonds is 6. The molecule has 1 fully saturated rings.